The fraction of sp³-hybridized carbons (Fsp3) is 0.536. The number of likely N-dealkylation sites (tertiary alicyclic amines) is 1. The van der Waals surface area contributed by atoms with Crippen LogP contribution in [0.5, 0.6) is 0 Å². The molecule has 1 heterocycles. The van der Waals surface area contributed by atoms with Crippen LogP contribution in [0.25, 0.3) is 0 Å². The minimum atomic E-state index is -4.93. The number of hydrogen-bond donors (Lipinski definition) is 1. The van der Waals surface area contributed by atoms with Gasteiger partial charge in [-0.15, -0.1) is 12.4 Å². The molecule has 0 radical (unpaired) electrons. The third-order valence-electron chi connectivity index (χ3n) is 7.67. The maximum atomic E-state index is 13.4. The molecule has 2 aliphatic rings. The van der Waals surface area contributed by atoms with E-state index in [4.69, 9.17) is 10.5 Å². The zero-order valence-electron chi connectivity index (χ0n) is 21.5. The third kappa shape index (κ3) is 7.67. The van der Waals surface area contributed by atoms with Crippen molar-refractivity contribution in [3.8, 4) is 0 Å². The van der Waals surface area contributed by atoms with Crippen LogP contribution in [0.2, 0.25) is 0 Å². The second kappa shape index (κ2) is 12.5. The van der Waals surface area contributed by atoms with Crippen molar-refractivity contribution in [2.75, 3.05) is 13.1 Å². The molecule has 2 aromatic rings. The van der Waals surface area contributed by atoms with Crippen LogP contribution in [0, 0.1) is 5.92 Å². The average Bonchev–Trinajstić information content (AvgIpc) is 2.88. The van der Waals surface area contributed by atoms with Crippen LogP contribution in [-0.4, -0.2) is 36.0 Å². The highest BCUT2D eigenvalue weighted by atomic mass is 35.5. The van der Waals surface area contributed by atoms with Gasteiger partial charge in [0.25, 0.3) is 0 Å². The Bertz CT molecular complexity index is 1070. The number of piperidine rings is 1. The summed E-state index contributed by atoms with van der Waals surface area (Å²) < 4.78 is 86.5. The lowest BCUT2D eigenvalue weighted by atomic mass is 9.83. The molecule has 0 unspecified atom stereocenters. The number of benzene rings is 2. The molecule has 2 aromatic carbocycles. The highest BCUT2D eigenvalue weighted by Gasteiger charge is 2.39. The number of nitrogens with zero attached hydrogens (tertiary/aromatic N) is 1. The first-order valence-corrected chi connectivity index (χ1v) is 12.9. The molecule has 1 aliphatic carbocycles. The predicted molar refractivity (Wildman–Crippen MR) is 137 cm³/mol. The SMILES string of the molecule is C[C@@H](O[C@H]1CCN(C(=O)[C@H]2CC[C@H](N)CC2)C[C@H]1c1ccccc1)c1cc(C(F)(F)F)cc(C(F)(F)F)c1.Cl. The minimum absolute atomic E-state index is 0. The van der Waals surface area contributed by atoms with E-state index >= 15 is 0 Å². The van der Waals surface area contributed by atoms with Gasteiger partial charge in [0, 0.05) is 31.0 Å². The van der Waals surface area contributed by atoms with Crippen molar-refractivity contribution in [1.82, 2.24) is 4.90 Å². The van der Waals surface area contributed by atoms with Crippen LogP contribution >= 0.6 is 12.4 Å². The second-order valence-electron chi connectivity index (χ2n) is 10.4. The van der Waals surface area contributed by atoms with Crippen molar-refractivity contribution in [3.63, 3.8) is 0 Å². The Kier molecular flexibility index (Phi) is 9.99. The van der Waals surface area contributed by atoms with Crippen molar-refractivity contribution in [3.05, 3.63) is 70.8 Å². The van der Waals surface area contributed by atoms with Crippen LogP contribution in [0.3, 0.4) is 0 Å². The molecule has 2 N–H and O–H groups in total. The van der Waals surface area contributed by atoms with Crippen LogP contribution in [0.15, 0.2) is 48.5 Å². The molecule has 4 rings (SSSR count). The molecule has 1 saturated carbocycles. The Morgan fingerprint density at radius 1 is 0.923 bits per heavy atom. The summed E-state index contributed by atoms with van der Waals surface area (Å²) in [6.45, 7) is 2.22. The first kappa shape index (κ1) is 31.2. The van der Waals surface area contributed by atoms with Crippen LogP contribution < -0.4 is 5.73 Å². The fourth-order valence-corrected chi connectivity index (χ4v) is 5.49. The summed E-state index contributed by atoms with van der Waals surface area (Å²) in [6.07, 6.45) is -7.92. The van der Waals surface area contributed by atoms with Gasteiger partial charge in [0.2, 0.25) is 5.91 Å². The third-order valence-corrected chi connectivity index (χ3v) is 7.67. The van der Waals surface area contributed by atoms with Gasteiger partial charge in [-0.25, -0.2) is 0 Å². The standard InChI is InChI=1S/C28H32F6N2O2.ClH/c1-17(20-13-21(27(29,30)31)15-22(14-20)28(32,33)34)38-25-11-12-36(16-24(25)18-5-3-2-4-6-18)26(37)19-7-9-23(35)10-8-19;/h2-6,13-15,17,19,23-25H,7-12,16,35H2,1H3;1H/t17-,19-,23-,24+,25+;/m1./s1. The van der Waals surface area contributed by atoms with Gasteiger partial charge >= 0.3 is 12.4 Å². The Morgan fingerprint density at radius 3 is 2.03 bits per heavy atom. The number of rotatable bonds is 5. The molecular formula is C28H33ClF6N2O2. The average molecular weight is 579 g/mol. The maximum Gasteiger partial charge on any atom is 0.416 e. The largest absolute Gasteiger partial charge is 0.416 e. The normalized spacial score (nSPS) is 25.1. The number of nitrogens with two attached hydrogens (primary N) is 1. The van der Waals surface area contributed by atoms with Gasteiger partial charge in [0.15, 0.2) is 0 Å². The summed E-state index contributed by atoms with van der Waals surface area (Å²) in [4.78, 5) is 15.1. The topological polar surface area (TPSA) is 55.6 Å². The summed E-state index contributed by atoms with van der Waals surface area (Å²) in [5.74, 6) is -0.305. The lowest BCUT2D eigenvalue weighted by Gasteiger charge is -2.41. The first-order valence-electron chi connectivity index (χ1n) is 12.9. The molecule has 3 atom stereocenters. The van der Waals surface area contributed by atoms with E-state index in [0.29, 0.717) is 31.6 Å². The number of carbonyl (C=O) groups excluding carboxylic acids is 1. The lowest BCUT2D eigenvalue weighted by Crippen LogP contribution is -2.48. The molecule has 1 amide bonds. The van der Waals surface area contributed by atoms with Crippen LogP contribution in [0.4, 0.5) is 26.3 Å². The van der Waals surface area contributed by atoms with E-state index in [9.17, 15) is 31.1 Å². The van der Waals surface area contributed by atoms with Gasteiger partial charge < -0.3 is 15.4 Å². The summed E-state index contributed by atoms with van der Waals surface area (Å²) in [5, 5.41) is 0. The van der Waals surface area contributed by atoms with E-state index in [1.807, 2.05) is 35.2 Å². The Morgan fingerprint density at radius 2 is 1.49 bits per heavy atom. The number of hydrogen-bond acceptors (Lipinski definition) is 3. The number of halogens is 7. The molecular weight excluding hydrogens is 546 g/mol. The molecule has 0 spiro atoms. The summed E-state index contributed by atoms with van der Waals surface area (Å²) in [7, 11) is 0. The first-order chi connectivity index (χ1) is 17.8. The second-order valence-corrected chi connectivity index (χ2v) is 10.4. The van der Waals surface area contributed by atoms with E-state index in [1.165, 1.54) is 6.92 Å². The molecule has 11 heteroatoms. The number of alkyl halides is 6. The number of amides is 1. The quantitative estimate of drug-likeness (QED) is 0.384. The molecule has 2 fully saturated rings. The molecule has 216 valence electrons. The van der Waals surface area contributed by atoms with Gasteiger partial charge in [-0.05, 0) is 68.4 Å². The summed E-state index contributed by atoms with van der Waals surface area (Å²) >= 11 is 0. The molecule has 4 nitrogen and oxygen atoms in total. The molecule has 0 aromatic heterocycles. The van der Waals surface area contributed by atoms with Crippen LogP contribution in [-0.2, 0) is 21.9 Å². The highest BCUT2D eigenvalue weighted by Crippen LogP contribution is 2.40. The van der Waals surface area contributed by atoms with Crippen molar-refractivity contribution < 1.29 is 35.9 Å². The highest BCUT2D eigenvalue weighted by molar-refractivity contribution is 5.85. The zero-order valence-corrected chi connectivity index (χ0v) is 22.3. The maximum absolute atomic E-state index is 13.4. The number of carbonyl (C=O) groups is 1. The van der Waals surface area contributed by atoms with E-state index < -0.39 is 35.7 Å². The molecule has 39 heavy (non-hydrogen) atoms. The van der Waals surface area contributed by atoms with Gasteiger partial charge in [0.05, 0.1) is 23.3 Å². The number of ether oxygens (including phenoxy) is 1. The summed E-state index contributed by atoms with van der Waals surface area (Å²) in [5.41, 5.74) is 3.94. The predicted octanol–water partition coefficient (Wildman–Crippen LogP) is 7.13. The Balaban J connectivity index is 0.00000420. The monoisotopic (exact) mass is 578 g/mol. The fourth-order valence-electron chi connectivity index (χ4n) is 5.49. The lowest BCUT2D eigenvalue weighted by molar-refractivity contribution is -0.143. The smallest absolute Gasteiger partial charge is 0.370 e. The van der Waals surface area contributed by atoms with Crippen LogP contribution in [0.1, 0.15) is 73.3 Å². The minimum Gasteiger partial charge on any atom is -0.370 e. The van der Waals surface area contributed by atoms with E-state index in [-0.39, 0.29) is 47.8 Å². The van der Waals surface area contributed by atoms with Gasteiger partial charge in [0.1, 0.15) is 0 Å². The van der Waals surface area contributed by atoms with E-state index in [1.54, 1.807) is 0 Å². The van der Waals surface area contributed by atoms with Crippen molar-refractivity contribution in [1.29, 1.82) is 0 Å². The van der Waals surface area contributed by atoms with Crippen molar-refractivity contribution >= 4 is 18.3 Å². The summed E-state index contributed by atoms with van der Waals surface area (Å²) in [6, 6.07) is 11.0. The zero-order chi connectivity index (χ0) is 27.7. The Hall–Kier alpha value is -2.30. The molecule has 0 bridgehead atoms. The molecule has 1 saturated heterocycles. The van der Waals surface area contributed by atoms with E-state index in [2.05, 4.69) is 0 Å². The Labute approximate surface area is 230 Å². The van der Waals surface area contributed by atoms with Gasteiger partial charge in [-0.1, -0.05) is 30.3 Å². The van der Waals surface area contributed by atoms with Gasteiger partial charge in [-0.2, -0.15) is 26.3 Å². The molecule has 1 aliphatic heterocycles. The van der Waals surface area contributed by atoms with Crippen molar-refractivity contribution in [2.24, 2.45) is 11.7 Å². The van der Waals surface area contributed by atoms with Crippen molar-refractivity contribution in [2.45, 2.75) is 75.5 Å². The van der Waals surface area contributed by atoms with E-state index in [0.717, 1.165) is 31.2 Å². The van der Waals surface area contributed by atoms with Gasteiger partial charge in [-0.3, -0.25) is 4.79 Å².